The number of rotatable bonds is 5. The highest BCUT2D eigenvalue weighted by Gasteiger charge is 2.58. The highest BCUT2D eigenvalue weighted by molar-refractivity contribution is 5.98. The molecule has 0 bridgehead atoms. The number of benzene rings is 1. The van der Waals surface area contributed by atoms with Gasteiger partial charge in [-0.1, -0.05) is 32.9 Å². The van der Waals surface area contributed by atoms with Crippen LogP contribution in [0.5, 0.6) is 5.75 Å². The first-order chi connectivity index (χ1) is 16.5. The number of nitrogens with zero attached hydrogens (tertiary/aromatic N) is 1. The molecule has 1 aromatic rings. The Balaban J connectivity index is 1.61. The van der Waals surface area contributed by atoms with Crippen molar-refractivity contribution in [2.75, 3.05) is 19.7 Å². The summed E-state index contributed by atoms with van der Waals surface area (Å²) in [7, 11) is 0. The van der Waals surface area contributed by atoms with E-state index in [4.69, 9.17) is 10.1 Å². The molecule has 4 rings (SSSR count). The SMILES string of the molecule is CCCC(=N)NC1CNC(=C(C)C)N2CC(NC(=O)c3cccc4c3OCCC4(C)C)C(O)C12C. The zero-order chi connectivity index (χ0) is 25.5. The third-order valence-electron chi connectivity index (χ3n) is 7.99. The first kappa shape index (κ1) is 25.4. The van der Waals surface area contributed by atoms with Crippen LogP contribution in [-0.2, 0) is 5.41 Å². The van der Waals surface area contributed by atoms with Crippen LogP contribution in [0.4, 0.5) is 0 Å². The van der Waals surface area contributed by atoms with E-state index < -0.39 is 17.7 Å². The van der Waals surface area contributed by atoms with Crippen molar-refractivity contribution in [3.05, 3.63) is 40.7 Å². The van der Waals surface area contributed by atoms with E-state index in [2.05, 4.69) is 34.7 Å². The first-order valence-electron chi connectivity index (χ1n) is 12.8. The van der Waals surface area contributed by atoms with Gasteiger partial charge in [-0.05, 0) is 50.7 Å². The smallest absolute Gasteiger partial charge is 0.255 e. The van der Waals surface area contributed by atoms with Crippen LogP contribution in [0.25, 0.3) is 0 Å². The van der Waals surface area contributed by atoms with Crippen molar-refractivity contribution in [2.45, 2.75) is 89.9 Å². The molecule has 0 aromatic heterocycles. The summed E-state index contributed by atoms with van der Waals surface area (Å²) in [6.45, 7) is 14.2. The summed E-state index contributed by atoms with van der Waals surface area (Å²) in [6.07, 6.45) is 1.62. The normalized spacial score (nSPS) is 28.8. The van der Waals surface area contributed by atoms with E-state index in [1.54, 1.807) is 6.07 Å². The molecule has 5 N–H and O–H groups in total. The minimum absolute atomic E-state index is 0.0588. The van der Waals surface area contributed by atoms with Crippen molar-refractivity contribution in [1.82, 2.24) is 20.9 Å². The molecular formula is C27H41N5O3. The zero-order valence-electron chi connectivity index (χ0n) is 21.9. The minimum atomic E-state index is -0.827. The Kier molecular flexibility index (Phi) is 6.79. The van der Waals surface area contributed by atoms with Gasteiger partial charge in [0.05, 0.1) is 35.6 Å². The van der Waals surface area contributed by atoms with Gasteiger partial charge in [0.1, 0.15) is 17.7 Å². The molecule has 1 aromatic carbocycles. The maximum absolute atomic E-state index is 13.5. The summed E-state index contributed by atoms with van der Waals surface area (Å²) in [5.41, 5.74) is 1.92. The van der Waals surface area contributed by atoms with Crippen molar-refractivity contribution < 1.29 is 14.6 Å². The lowest BCUT2D eigenvalue weighted by atomic mass is 9.79. The Labute approximate surface area is 209 Å². The highest BCUT2D eigenvalue weighted by atomic mass is 16.5. The zero-order valence-corrected chi connectivity index (χ0v) is 21.9. The molecule has 0 radical (unpaired) electrons. The van der Waals surface area contributed by atoms with Crippen LogP contribution in [0.2, 0.25) is 0 Å². The summed E-state index contributed by atoms with van der Waals surface area (Å²) < 4.78 is 5.96. The van der Waals surface area contributed by atoms with E-state index in [1.807, 2.05) is 39.8 Å². The van der Waals surface area contributed by atoms with Gasteiger partial charge in [-0.3, -0.25) is 10.2 Å². The maximum Gasteiger partial charge on any atom is 0.255 e. The van der Waals surface area contributed by atoms with Crippen molar-refractivity contribution in [3.8, 4) is 5.75 Å². The Morgan fingerprint density at radius 3 is 2.71 bits per heavy atom. The lowest BCUT2D eigenvalue weighted by Gasteiger charge is -2.50. The van der Waals surface area contributed by atoms with Crippen LogP contribution < -0.4 is 20.7 Å². The average Bonchev–Trinajstić information content (AvgIpc) is 3.05. The van der Waals surface area contributed by atoms with Crippen molar-refractivity contribution in [3.63, 3.8) is 0 Å². The molecule has 8 nitrogen and oxygen atoms in total. The first-order valence-corrected chi connectivity index (χ1v) is 12.8. The number of para-hydroxylation sites is 1. The second kappa shape index (κ2) is 9.37. The second-order valence-electron chi connectivity index (χ2n) is 11.2. The Morgan fingerprint density at radius 1 is 1.29 bits per heavy atom. The van der Waals surface area contributed by atoms with E-state index in [1.165, 1.54) is 0 Å². The topological polar surface area (TPSA) is 110 Å². The number of allylic oxidation sites excluding steroid dienone is 1. The fourth-order valence-corrected chi connectivity index (χ4v) is 5.78. The molecule has 0 saturated carbocycles. The van der Waals surface area contributed by atoms with Crippen LogP contribution in [0.3, 0.4) is 0 Å². The van der Waals surface area contributed by atoms with E-state index in [-0.39, 0.29) is 17.4 Å². The van der Waals surface area contributed by atoms with Crippen LogP contribution in [0.1, 0.15) is 76.7 Å². The number of ether oxygens (including phenoxy) is 1. The highest BCUT2D eigenvalue weighted by Crippen LogP contribution is 2.41. The predicted octanol–water partition coefficient (Wildman–Crippen LogP) is 2.87. The number of carbonyl (C=O) groups excluding carboxylic acids is 1. The fraction of sp³-hybridized carbons (Fsp3) is 0.630. The van der Waals surface area contributed by atoms with Gasteiger partial charge in [-0.25, -0.2) is 0 Å². The number of hydrogen-bond acceptors (Lipinski definition) is 6. The van der Waals surface area contributed by atoms with Gasteiger partial charge in [-0.2, -0.15) is 0 Å². The molecule has 2 saturated heterocycles. The van der Waals surface area contributed by atoms with Crippen molar-refractivity contribution in [2.24, 2.45) is 0 Å². The lowest BCUT2D eigenvalue weighted by Crippen LogP contribution is -2.70. The third kappa shape index (κ3) is 4.37. The van der Waals surface area contributed by atoms with E-state index in [9.17, 15) is 9.90 Å². The minimum Gasteiger partial charge on any atom is -0.492 e. The third-order valence-corrected chi connectivity index (χ3v) is 7.99. The molecular weight excluding hydrogens is 442 g/mol. The molecule has 192 valence electrons. The average molecular weight is 484 g/mol. The van der Waals surface area contributed by atoms with Gasteiger partial charge >= 0.3 is 0 Å². The van der Waals surface area contributed by atoms with Crippen LogP contribution >= 0.6 is 0 Å². The summed E-state index contributed by atoms with van der Waals surface area (Å²) in [4.78, 5) is 15.7. The van der Waals surface area contributed by atoms with Crippen LogP contribution in [0.15, 0.2) is 29.6 Å². The number of fused-ring (bicyclic) bond motifs is 2. The van der Waals surface area contributed by atoms with Gasteiger partial charge in [0, 0.05) is 25.1 Å². The number of carbonyl (C=O) groups is 1. The summed E-state index contributed by atoms with van der Waals surface area (Å²) in [5.74, 6) is 1.86. The van der Waals surface area contributed by atoms with E-state index >= 15 is 0 Å². The molecule has 3 aliphatic rings. The molecule has 0 spiro atoms. The van der Waals surface area contributed by atoms with Gasteiger partial charge in [-0.15, -0.1) is 0 Å². The molecule has 35 heavy (non-hydrogen) atoms. The van der Waals surface area contributed by atoms with E-state index in [0.29, 0.717) is 43.3 Å². The number of aliphatic hydroxyl groups is 1. The number of nitrogens with one attached hydrogen (secondary N) is 4. The van der Waals surface area contributed by atoms with Gasteiger partial charge in [0.25, 0.3) is 5.91 Å². The maximum atomic E-state index is 13.5. The largest absolute Gasteiger partial charge is 0.492 e. The van der Waals surface area contributed by atoms with Crippen LogP contribution in [-0.4, -0.2) is 65.2 Å². The van der Waals surface area contributed by atoms with Crippen LogP contribution in [0, 0.1) is 5.41 Å². The quantitative estimate of drug-likeness (QED) is 0.325. The number of hydrogen-bond donors (Lipinski definition) is 5. The molecule has 4 atom stereocenters. The Morgan fingerprint density at radius 2 is 2.03 bits per heavy atom. The molecule has 3 heterocycles. The number of amides is 1. The second-order valence-corrected chi connectivity index (χ2v) is 11.2. The monoisotopic (exact) mass is 483 g/mol. The number of aliphatic hydroxyl groups excluding tert-OH is 1. The molecule has 4 unspecified atom stereocenters. The summed E-state index contributed by atoms with van der Waals surface area (Å²) in [6, 6.07) is 5.08. The molecule has 0 aliphatic carbocycles. The number of amidine groups is 1. The standard InChI is InChI=1S/C27H41N5O3/c1-7-9-21(28)31-20-14-29-24(16(2)3)32-15-19(23(33)27(20,32)6)30-25(34)17-10-8-11-18-22(17)35-13-12-26(18,4)5/h8,10-11,19-20,23,29,33H,7,9,12-15H2,1-6H3,(H2,28,31)(H,30,34). The van der Waals surface area contributed by atoms with Gasteiger partial charge in [0.15, 0.2) is 0 Å². The Hall–Kier alpha value is -2.74. The lowest BCUT2D eigenvalue weighted by molar-refractivity contribution is 0.00770. The fourth-order valence-electron chi connectivity index (χ4n) is 5.78. The van der Waals surface area contributed by atoms with Crippen molar-refractivity contribution >= 4 is 11.7 Å². The molecule has 2 fully saturated rings. The van der Waals surface area contributed by atoms with E-state index in [0.717, 1.165) is 29.8 Å². The predicted molar refractivity (Wildman–Crippen MR) is 138 cm³/mol. The summed E-state index contributed by atoms with van der Waals surface area (Å²) in [5, 5.41) is 29.9. The Bertz CT molecular complexity index is 1030. The summed E-state index contributed by atoms with van der Waals surface area (Å²) >= 11 is 0. The molecule has 8 heteroatoms. The molecule has 3 aliphatic heterocycles. The van der Waals surface area contributed by atoms with Gasteiger partial charge in [0.2, 0.25) is 0 Å². The van der Waals surface area contributed by atoms with Crippen molar-refractivity contribution in [1.29, 1.82) is 5.41 Å². The van der Waals surface area contributed by atoms with Gasteiger partial charge < -0.3 is 30.7 Å². The molecule has 1 amide bonds.